The van der Waals surface area contributed by atoms with Crippen molar-refractivity contribution in [2.24, 2.45) is 5.92 Å². The van der Waals surface area contributed by atoms with E-state index in [1.165, 1.54) is 0 Å². The summed E-state index contributed by atoms with van der Waals surface area (Å²) < 4.78 is 0. The quantitative estimate of drug-likeness (QED) is 0.458. The van der Waals surface area contributed by atoms with Crippen LogP contribution in [-0.2, 0) is 4.79 Å². The van der Waals surface area contributed by atoms with Crippen molar-refractivity contribution in [3.8, 4) is 0 Å². The zero-order valence-electron chi connectivity index (χ0n) is 7.03. The summed E-state index contributed by atoms with van der Waals surface area (Å²) in [7, 11) is 0. The standard InChI is InChI=1S/C7H13NO3/c1-4-6(9)7(5(2)3)8(10)11/h5,7H,4H2,1-3H3. The third kappa shape index (κ3) is 2.65. The van der Waals surface area contributed by atoms with E-state index in [1.807, 2.05) is 0 Å². The average Bonchev–Trinajstić information content (AvgIpc) is 1.85. The number of rotatable bonds is 4. The molecule has 0 aromatic carbocycles. The molecule has 4 heteroatoms. The molecule has 11 heavy (non-hydrogen) atoms. The lowest BCUT2D eigenvalue weighted by Gasteiger charge is -2.09. The number of hydrogen-bond acceptors (Lipinski definition) is 3. The largest absolute Gasteiger partial charge is 0.292 e. The van der Waals surface area contributed by atoms with Crippen LogP contribution in [0.3, 0.4) is 0 Å². The number of nitro groups is 1. The van der Waals surface area contributed by atoms with Gasteiger partial charge in [0.25, 0.3) is 6.04 Å². The Bertz CT molecular complexity index is 165. The van der Waals surface area contributed by atoms with Crippen molar-refractivity contribution >= 4 is 5.78 Å². The normalized spacial score (nSPS) is 13.1. The first-order valence-corrected chi connectivity index (χ1v) is 3.66. The number of carbonyl (C=O) groups is 1. The summed E-state index contributed by atoms with van der Waals surface area (Å²) in [5.74, 6) is -0.498. The second kappa shape index (κ2) is 4.05. The molecule has 0 aromatic heterocycles. The van der Waals surface area contributed by atoms with Crippen LogP contribution in [0.1, 0.15) is 27.2 Å². The second-order valence-electron chi connectivity index (χ2n) is 2.79. The molecule has 0 aliphatic rings. The fourth-order valence-electron chi connectivity index (χ4n) is 0.942. The molecule has 0 spiro atoms. The summed E-state index contributed by atoms with van der Waals surface area (Å²) in [5.41, 5.74) is 0. The van der Waals surface area contributed by atoms with Crippen molar-refractivity contribution in [2.45, 2.75) is 33.2 Å². The van der Waals surface area contributed by atoms with Crippen molar-refractivity contribution in [1.82, 2.24) is 0 Å². The van der Waals surface area contributed by atoms with Crippen LogP contribution in [0.2, 0.25) is 0 Å². The minimum atomic E-state index is -1.01. The Kier molecular flexibility index (Phi) is 3.71. The summed E-state index contributed by atoms with van der Waals surface area (Å²) in [6.07, 6.45) is 0.240. The van der Waals surface area contributed by atoms with Gasteiger partial charge in [-0.3, -0.25) is 14.9 Å². The van der Waals surface area contributed by atoms with Crippen LogP contribution in [0, 0.1) is 16.0 Å². The SMILES string of the molecule is CCC(=O)C(C(C)C)[N+](=O)[O-]. The van der Waals surface area contributed by atoms with E-state index in [4.69, 9.17) is 0 Å². The van der Waals surface area contributed by atoms with Gasteiger partial charge in [0.15, 0.2) is 0 Å². The molecule has 64 valence electrons. The Morgan fingerprint density at radius 2 is 2.00 bits per heavy atom. The van der Waals surface area contributed by atoms with E-state index in [9.17, 15) is 14.9 Å². The van der Waals surface area contributed by atoms with Gasteiger partial charge in [0.05, 0.1) is 0 Å². The molecule has 0 aliphatic carbocycles. The predicted octanol–water partition coefficient (Wildman–Crippen LogP) is 1.27. The van der Waals surface area contributed by atoms with Crippen molar-refractivity contribution in [2.75, 3.05) is 0 Å². The highest BCUT2D eigenvalue weighted by molar-refractivity contribution is 5.82. The highest BCUT2D eigenvalue weighted by Crippen LogP contribution is 2.08. The lowest BCUT2D eigenvalue weighted by molar-refractivity contribution is -0.515. The monoisotopic (exact) mass is 159 g/mol. The van der Waals surface area contributed by atoms with Crippen LogP contribution in [0.4, 0.5) is 0 Å². The lowest BCUT2D eigenvalue weighted by atomic mass is 9.99. The molecule has 0 radical (unpaired) electrons. The average molecular weight is 159 g/mol. The molecule has 1 unspecified atom stereocenters. The summed E-state index contributed by atoms with van der Waals surface area (Å²) >= 11 is 0. The van der Waals surface area contributed by atoms with Crippen molar-refractivity contribution in [3.63, 3.8) is 0 Å². The number of nitrogens with zero attached hydrogens (tertiary/aromatic N) is 1. The fourth-order valence-corrected chi connectivity index (χ4v) is 0.942. The molecule has 0 bridgehead atoms. The highest BCUT2D eigenvalue weighted by atomic mass is 16.6. The van der Waals surface area contributed by atoms with Gasteiger partial charge in [-0.1, -0.05) is 20.8 Å². The van der Waals surface area contributed by atoms with E-state index in [0.29, 0.717) is 0 Å². The van der Waals surface area contributed by atoms with Gasteiger partial charge in [0, 0.05) is 17.3 Å². The maximum Gasteiger partial charge on any atom is 0.272 e. The molecule has 0 fully saturated rings. The first-order valence-electron chi connectivity index (χ1n) is 3.66. The molecule has 1 atom stereocenters. The van der Waals surface area contributed by atoms with E-state index in [1.54, 1.807) is 20.8 Å². The summed E-state index contributed by atoms with van der Waals surface area (Å²) in [6, 6.07) is -1.01. The maximum absolute atomic E-state index is 11.0. The zero-order valence-corrected chi connectivity index (χ0v) is 7.03. The van der Waals surface area contributed by atoms with Gasteiger partial charge in [-0.2, -0.15) is 0 Å². The number of carbonyl (C=O) groups excluding carboxylic acids is 1. The van der Waals surface area contributed by atoms with Gasteiger partial charge in [-0.25, -0.2) is 0 Å². The number of Topliss-reactive ketones (excluding diaryl/α,β-unsaturated/α-hetero) is 1. The summed E-state index contributed by atoms with van der Waals surface area (Å²) in [6.45, 7) is 5.00. The predicted molar refractivity (Wildman–Crippen MR) is 40.9 cm³/mol. The minimum absolute atomic E-state index is 0.211. The molecule has 0 N–H and O–H groups in total. The van der Waals surface area contributed by atoms with Crippen LogP contribution in [0.25, 0.3) is 0 Å². The van der Waals surface area contributed by atoms with Gasteiger partial charge < -0.3 is 0 Å². The van der Waals surface area contributed by atoms with Gasteiger partial charge >= 0.3 is 0 Å². The lowest BCUT2D eigenvalue weighted by Crippen LogP contribution is -2.33. The molecule has 0 heterocycles. The molecular weight excluding hydrogens is 146 g/mol. The van der Waals surface area contributed by atoms with Crippen LogP contribution >= 0.6 is 0 Å². The summed E-state index contributed by atoms with van der Waals surface area (Å²) in [4.78, 5) is 20.8. The highest BCUT2D eigenvalue weighted by Gasteiger charge is 2.31. The molecular formula is C7H13NO3. The van der Waals surface area contributed by atoms with Gasteiger partial charge in [0.2, 0.25) is 5.78 Å². The summed E-state index contributed by atoms with van der Waals surface area (Å²) in [5, 5.41) is 10.3. The van der Waals surface area contributed by atoms with Crippen LogP contribution < -0.4 is 0 Å². The molecule has 0 saturated carbocycles. The van der Waals surface area contributed by atoms with E-state index < -0.39 is 11.0 Å². The van der Waals surface area contributed by atoms with E-state index in [-0.39, 0.29) is 18.1 Å². The third-order valence-corrected chi connectivity index (χ3v) is 1.54. The second-order valence-corrected chi connectivity index (χ2v) is 2.79. The van der Waals surface area contributed by atoms with Crippen molar-refractivity contribution < 1.29 is 9.72 Å². The smallest absolute Gasteiger partial charge is 0.272 e. The number of ketones is 1. The first kappa shape index (κ1) is 10.1. The molecule has 0 amide bonds. The van der Waals surface area contributed by atoms with Crippen molar-refractivity contribution in [3.05, 3.63) is 10.1 Å². The molecule has 0 aliphatic heterocycles. The maximum atomic E-state index is 11.0. The van der Waals surface area contributed by atoms with Gasteiger partial charge in [-0.05, 0) is 0 Å². The van der Waals surface area contributed by atoms with Crippen LogP contribution in [0.5, 0.6) is 0 Å². The van der Waals surface area contributed by atoms with E-state index >= 15 is 0 Å². The van der Waals surface area contributed by atoms with E-state index in [2.05, 4.69) is 0 Å². The Morgan fingerprint density at radius 3 is 2.09 bits per heavy atom. The Morgan fingerprint density at radius 1 is 1.55 bits per heavy atom. The Hall–Kier alpha value is -0.930. The third-order valence-electron chi connectivity index (χ3n) is 1.54. The van der Waals surface area contributed by atoms with Crippen LogP contribution in [0.15, 0.2) is 0 Å². The fraction of sp³-hybridized carbons (Fsp3) is 0.857. The number of hydrogen-bond donors (Lipinski definition) is 0. The topological polar surface area (TPSA) is 60.2 Å². The van der Waals surface area contributed by atoms with Crippen molar-refractivity contribution in [1.29, 1.82) is 0 Å². The zero-order chi connectivity index (χ0) is 9.02. The Labute approximate surface area is 65.7 Å². The molecule has 0 rings (SSSR count). The molecule has 0 saturated heterocycles. The van der Waals surface area contributed by atoms with E-state index in [0.717, 1.165) is 0 Å². The van der Waals surface area contributed by atoms with Gasteiger partial charge in [0.1, 0.15) is 0 Å². The van der Waals surface area contributed by atoms with Crippen LogP contribution in [-0.4, -0.2) is 16.7 Å². The Balaban J connectivity index is 4.34. The van der Waals surface area contributed by atoms with Gasteiger partial charge in [-0.15, -0.1) is 0 Å². The first-order chi connectivity index (χ1) is 5.00. The minimum Gasteiger partial charge on any atom is -0.292 e. The molecule has 4 nitrogen and oxygen atoms in total. The molecule has 0 aromatic rings.